The van der Waals surface area contributed by atoms with E-state index in [2.05, 4.69) is 10.6 Å². The Labute approximate surface area is 137 Å². The number of aliphatic carboxylic acids is 2. The normalized spacial score (nSPS) is 14.1. The molecule has 0 aromatic rings. The van der Waals surface area contributed by atoms with Gasteiger partial charge in [0.15, 0.2) is 0 Å². The van der Waals surface area contributed by atoms with E-state index in [1.165, 1.54) is 6.92 Å². The summed E-state index contributed by atoms with van der Waals surface area (Å²) in [5.74, 6) is -4.88. The fourth-order valence-corrected chi connectivity index (χ4v) is 1.66. The van der Waals surface area contributed by atoms with Gasteiger partial charge in [0, 0.05) is 12.8 Å². The largest absolute Gasteiger partial charge is 0.481 e. The molecule has 136 valence electrons. The van der Waals surface area contributed by atoms with Crippen LogP contribution in [-0.2, 0) is 24.0 Å². The number of nitrogens with one attached hydrogen (secondary N) is 2. The van der Waals surface area contributed by atoms with Crippen molar-refractivity contribution >= 4 is 29.7 Å². The second kappa shape index (κ2) is 10.2. The molecule has 0 saturated heterocycles. The van der Waals surface area contributed by atoms with Crippen LogP contribution in [0.4, 0.5) is 0 Å². The third-order valence-corrected chi connectivity index (χ3v) is 2.99. The van der Waals surface area contributed by atoms with Crippen LogP contribution in [-0.4, -0.2) is 58.0 Å². The van der Waals surface area contributed by atoms with Gasteiger partial charge in [-0.1, -0.05) is 0 Å². The van der Waals surface area contributed by atoms with Gasteiger partial charge in [-0.25, -0.2) is 4.79 Å². The zero-order chi connectivity index (χ0) is 18.9. The van der Waals surface area contributed by atoms with Crippen molar-refractivity contribution in [1.29, 1.82) is 0 Å². The van der Waals surface area contributed by atoms with Crippen LogP contribution >= 0.6 is 0 Å². The van der Waals surface area contributed by atoms with Crippen molar-refractivity contribution in [2.75, 3.05) is 0 Å². The Morgan fingerprint density at radius 2 is 1.42 bits per heavy atom. The summed E-state index contributed by atoms with van der Waals surface area (Å²) in [6, 6.07) is -3.59. The van der Waals surface area contributed by atoms with Crippen molar-refractivity contribution in [2.24, 2.45) is 11.5 Å². The summed E-state index contributed by atoms with van der Waals surface area (Å²) < 4.78 is 0. The lowest BCUT2D eigenvalue weighted by Gasteiger charge is -2.21. The highest BCUT2D eigenvalue weighted by molar-refractivity contribution is 5.92. The van der Waals surface area contributed by atoms with Gasteiger partial charge >= 0.3 is 11.9 Å². The molecule has 0 fully saturated rings. The van der Waals surface area contributed by atoms with E-state index in [1.807, 2.05) is 0 Å². The van der Waals surface area contributed by atoms with Gasteiger partial charge in [0.25, 0.3) is 0 Å². The molecule has 11 heteroatoms. The molecule has 0 unspecified atom stereocenters. The van der Waals surface area contributed by atoms with Crippen LogP contribution in [0.1, 0.15) is 32.6 Å². The summed E-state index contributed by atoms with van der Waals surface area (Å²) in [6.07, 6.45) is -1.16. The predicted octanol–water partition coefficient (Wildman–Crippen LogP) is -2.48. The molecule has 0 aliphatic heterocycles. The Morgan fingerprint density at radius 3 is 1.83 bits per heavy atom. The lowest BCUT2D eigenvalue weighted by molar-refractivity contribution is -0.143. The van der Waals surface area contributed by atoms with Crippen LogP contribution < -0.4 is 22.1 Å². The van der Waals surface area contributed by atoms with Crippen molar-refractivity contribution < 1.29 is 34.2 Å². The van der Waals surface area contributed by atoms with E-state index >= 15 is 0 Å². The van der Waals surface area contributed by atoms with Crippen LogP contribution in [0.5, 0.6) is 0 Å². The molecule has 0 radical (unpaired) electrons. The van der Waals surface area contributed by atoms with Gasteiger partial charge in [0.2, 0.25) is 17.7 Å². The molecule has 0 heterocycles. The molecule has 0 saturated carbocycles. The molecule has 0 aromatic carbocycles. The highest BCUT2D eigenvalue weighted by atomic mass is 16.4. The number of amides is 3. The molecule has 3 atom stereocenters. The zero-order valence-electron chi connectivity index (χ0n) is 13.2. The second-order valence-electron chi connectivity index (χ2n) is 5.19. The van der Waals surface area contributed by atoms with Crippen LogP contribution in [0.25, 0.3) is 0 Å². The first-order valence-electron chi connectivity index (χ1n) is 7.13. The molecule has 0 rings (SSSR count). The number of hydrogen-bond acceptors (Lipinski definition) is 6. The average Bonchev–Trinajstić information content (AvgIpc) is 2.46. The molecule has 11 nitrogen and oxygen atoms in total. The Balaban J connectivity index is 4.97. The molecule has 8 N–H and O–H groups in total. The van der Waals surface area contributed by atoms with Crippen molar-refractivity contribution in [3.8, 4) is 0 Å². The van der Waals surface area contributed by atoms with Gasteiger partial charge in [-0.05, 0) is 19.8 Å². The number of primary amides is 1. The summed E-state index contributed by atoms with van der Waals surface area (Å²) in [4.78, 5) is 56.2. The number of carboxylic acid groups (broad SMARTS) is 2. The molecular weight excluding hydrogens is 324 g/mol. The zero-order valence-corrected chi connectivity index (χ0v) is 13.2. The quantitative estimate of drug-likeness (QED) is 0.236. The van der Waals surface area contributed by atoms with Crippen LogP contribution in [0.3, 0.4) is 0 Å². The van der Waals surface area contributed by atoms with E-state index in [9.17, 15) is 24.0 Å². The molecular formula is C13H22N4O7. The van der Waals surface area contributed by atoms with Crippen molar-refractivity contribution in [3.05, 3.63) is 0 Å². The molecule has 0 aliphatic carbocycles. The number of carbonyl (C=O) groups excluding carboxylic acids is 3. The maximum atomic E-state index is 12.1. The summed E-state index contributed by atoms with van der Waals surface area (Å²) in [6.45, 7) is 1.38. The SMILES string of the molecule is C[C@@H](N)C(=O)N[C@@H](CCC(N)=O)C(=O)N[C@@H](CCC(=O)O)C(=O)O. The van der Waals surface area contributed by atoms with Crippen LogP contribution in [0, 0.1) is 0 Å². The number of carboxylic acids is 2. The van der Waals surface area contributed by atoms with E-state index in [-0.39, 0.29) is 19.3 Å². The van der Waals surface area contributed by atoms with Gasteiger partial charge in [-0.15, -0.1) is 0 Å². The third kappa shape index (κ3) is 8.68. The first kappa shape index (κ1) is 21.3. The van der Waals surface area contributed by atoms with E-state index in [0.29, 0.717) is 0 Å². The van der Waals surface area contributed by atoms with E-state index in [4.69, 9.17) is 21.7 Å². The molecule has 0 spiro atoms. The predicted molar refractivity (Wildman–Crippen MR) is 80.4 cm³/mol. The minimum absolute atomic E-state index is 0.148. The highest BCUT2D eigenvalue weighted by Gasteiger charge is 2.27. The van der Waals surface area contributed by atoms with E-state index in [1.54, 1.807) is 0 Å². The van der Waals surface area contributed by atoms with Gasteiger partial charge in [0.05, 0.1) is 6.04 Å². The number of hydrogen-bond donors (Lipinski definition) is 6. The Kier molecular flexibility index (Phi) is 9.02. The van der Waals surface area contributed by atoms with E-state index in [0.717, 1.165) is 0 Å². The topological polar surface area (TPSA) is 202 Å². The van der Waals surface area contributed by atoms with Crippen LogP contribution in [0.15, 0.2) is 0 Å². The summed E-state index contributed by atoms with van der Waals surface area (Å²) in [7, 11) is 0. The smallest absolute Gasteiger partial charge is 0.326 e. The van der Waals surface area contributed by atoms with Crippen molar-refractivity contribution in [2.45, 2.75) is 50.7 Å². The Morgan fingerprint density at radius 1 is 0.917 bits per heavy atom. The van der Waals surface area contributed by atoms with Gasteiger partial charge in [0.1, 0.15) is 12.1 Å². The van der Waals surface area contributed by atoms with Gasteiger partial charge in [-0.2, -0.15) is 0 Å². The standard InChI is InChI=1S/C13H22N4O7/c1-6(14)11(21)16-7(2-4-9(15)18)12(22)17-8(13(23)24)3-5-10(19)20/h6-8H,2-5,14H2,1H3,(H2,15,18)(H,16,21)(H,17,22)(H,19,20)(H,23,24)/t6-,7+,8+/m1/s1. The number of carbonyl (C=O) groups is 5. The van der Waals surface area contributed by atoms with E-state index < -0.39 is 54.2 Å². The van der Waals surface area contributed by atoms with Crippen molar-refractivity contribution in [1.82, 2.24) is 10.6 Å². The fraction of sp³-hybridized carbons (Fsp3) is 0.615. The van der Waals surface area contributed by atoms with Crippen molar-refractivity contribution in [3.63, 3.8) is 0 Å². The molecule has 3 amide bonds. The molecule has 0 aliphatic rings. The van der Waals surface area contributed by atoms with Crippen LogP contribution in [0.2, 0.25) is 0 Å². The average molecular weight is 346 g/mol. The van der Waals surface area contributed by atoms with Gasteiger partial charge in [-0.3, -0.25) is 19.2 Å². The highest BCUT2D eigenvalue weighted by Crippen LogP contribution is 2.03. The van der Waals surface area contributed by atoms with Gasteiger partial charge < -0.3 is 32.3 Å². The Hall–Kier alpha value is -2.69. The summed E-state index contributed by atoms with van der Waals surface area (Å²) in [5, 5.41) is 22.0. The summed E-state index contributed by atoms with van der Waals surface area (Å²) in [5.41, 5.74) is 10.4. The first-order valence-corrected chi connectivity index (χ1v) is 7.13. The number of rotatable bonds is 11. The lowest BCUT2D eigenvalue weighted by atomic mass is 10.1. The molecule has 24 heavy (non-hydrogen) atoms. The first-order chi connectivity index (χ1) is 11.0. The minimum atomic E-state index is -1.45. The number of nitrogens with two attached hydrogens (primary N) is 2. The maximum Gasteiger partial charge on any atom is 0.326 e. The lowest BCUT2D eigenvalue weighted by Crippen LogP contribution is -2.54. The molecule has 0 aromatic heterocycles. The maximum absolute atomic E-state index is 12.1. The molecule has 0 bridgehead atoms. The summed E-state index contributed by atoms with van der Waals surface area (Å²) >= 11 is 0. The third-order valence-electron chi connectivity index (χ3n) is 2.99. The monoisotopic (exact) mass is 346 g/mol. The second-order valence-corrected chi connectivity index (χ2v) is 5.19. The fourth-order valence-electron chi connectivity index (χ4n) is 1.66. The minimum Gasteiger partial charge on any atom is -0.481 e. The Bertz CT molecular complexity index is 507.